The molecule has 6 heteroatoms. The summed E-state index contributed by atoms with van der Waals surface area (Å²) in [4.78, 5) is 1.15. The molecule has 0 radical (unpaired) electrons. The summed E-state index contributed by atoms with van der Waals surface area (Å²) in [7, 11) is 3.50. The van der Waals surface area contributed by atoms with E-state index in [-0.39, 0.29) is 0 Å². The van der Waals surface area contributed by atoms with Gasteiger partial charge in [-0.25, -0.2) is 4.68 Å². The zero-order valence-corrected chi connectivity index (χ0v) is 11.3. The van der Waals surface area contributed by atoms with Crippen molar-refractivity contribution in [3.63, 3.8) is 0 Å². The Kier molecular flexibility index (Phi) is 4.04. The average Bonchev–Trinajstić information content (AvgIpc) is 2.86. The molecule has 17 heavy (non-hydrogen) atoms. The maximum atomic E-state index is 6.00. The minimum atomic E-state index is 0.700. The Labute approximate surface area is 109 Å². The molecule has 0 fully saturated rings. The van der Waals surface area contributed by atoms with Crippen molar-refractivity contribution in [1.82, 2.24) is 15.1 Å². The molecular formula is C11H14ClN3OS. The van der Waals surface area contributed by atoms with E-state index in [2.05, 4.69) is 10.4 Å². The Morgan fingerprint density at radius 2 is 2.35 bits per heavy atom. The monoisotopic (exact) mass is 271 g/mol. The number of hydrogen-bond acceptors (Lipinski definition) is 4. The fourth-order valence-corrected chi connectivity index (χ4v) is 2.61. The molecule has 0 atom stereocenters. The van der Waals surface area contributed by atoms with Crippen LogP contribution in [0.1, 0.15) is 10.6 Å². The highest BCUT2D eigenvalue weighted by molar-refractivity contribution is 7.10. The number of rotatable bonds is 5. The first kappa shape index (κ1) is 12.4. The summed E-state index contributed by atoms with van der Waals surface area (Å²) < 4.78 is 6.87. The number of aromatic nitrogens is 2. The first-order valence-electron chi connectivity index (χ1n) is 5.20. The topological polar surface area (TPSA) is 39.1 Å². The minimum absolute atomic E-state index is 0.700. The normalized spacial score (nSPS) is 10.8. The molecule has 0 bridgehead atoms. The summed E-state index contributed by atoms with van der Waals surface area (Å²) in [5.41, 5.74) is 0.956. The largest absolute Gasteiger partial charge is 0.481 e. The summed E-state index contributed by atoms with van der Waals surface area (Å²) in [6.07, 6.45) is 0. The van der Waals surface area contributed by atoms with Crippen molar-refractivity contribution in [1.29, 1.82) is 0 Å². The lowest BCUT2D eigenvalue weighted by molar-refractivity contribution is 0.373. The van der Waals surface area contributed by atoms with Gasteiger partial charge in [0.05, 0.1) is 17.8 Å². The molecule has 2 aromatic rings. The van der Waals surface area contributed by atoms with E-state index in [9.17, 15) is 0 Å². The number of aryl methyl sites for hydroxylation is 1. The molecule has 0 saturated heterocycles. The minimum Gasteiger partial charge on any atom is -0.481 e. The predicted molar refractivity (Wildman–Crippen MR) is 69.6 cm³/mol. The molecule has 0 aliphatic rings. The lowest BCUT2D eigenvalue weighted by Gasteiger charge is -2.00. The second-order valence-electron chi connectivity index (χ2n) is 3.60. The first-order valence-corrected chi connectivity index (χ1v) is 6.46. The van der Waals surface area contributed by atoms with Crippen LogP contribution in [0.4, 0.5) is 0 Å². The van der Waals surface area contributed by atoms with E-state index in [1.165, 1.54) is 0 Å². The number of thiophene rings is 1. The molecule has 1 N–H and O–H groups in total. The average molecular weight is 272 g/mol. The second-order valence-corrected chi connectivity index (χ2v) is 5.00. The summed E-state index contributed by atoms with van der Waals surface area (Å²) in [5, 5.41) is 10.4. The van der Waals surface area contributed by atoms with Crippen molar-refractivity contribution in [2.75, 3.05) is 7.11 Å². The number of halogens is 1. The molecule has 0 aliphatic heterocycles. The van der Waals surface area contributed by atoms with Gasteiger partial charge in [0.2, 0.25) is 5.88 Å². The third-order valence-electron chi connectivity index (χ3n) is 2.38. The highest BCUT2D eigenvalue weighted by atomic mass is 35.5. The standard InChI is InChI=1S/C11H14ClN3OS/c1-15-11(16-2)5-8(14-15)6-13-7-10-9(12)3-4-17-10/h3-5,13H,6-7H2,1-2H3. The molecule has 0 aliphatic carbocycles. The van der Waals surface area contributed by atoms with Gasteiger partial charge in [-0.2, -0.15) is 5.10 Å². The van der Waals surface area contributed by atoms with Crippen LogP contribution < -0.4 is 10.1 Å². The van der Waals surface area contributed by atoms with Gasteiger partial charge in [-0.15, -0.1) is 11.3 Å². The Morgan fingerprint density at radius 3 is 2.94 bits per heavy atom. The lowest BCUT2D eigenvalue weighted by Crippen LogP contribution is -2.12. The van der Waals surface area contributed by atoms with Crippen molar-refractivity contribution >= 4 is 22.9 Å². The van der Waals surface area contributed by atoms with Gasteiger partial charge in [0.15, 0.2) is 0 Å². The van der Waals surface area contributed by atoms with Crippen molar-refractivity contribution < 1.29 is 4.74 Å². The third kappa shape index (κ3) is 3.00. The van der Waals surface area contributed by atoms with Crippen molar-refractivity contribution in [3.05, 3.63) is 33.1 Å². The van der Waals surface area contributed by atoms with Gasteiger partial charge in [-0.05, 0) is 11.4 Å². The molecule has 2 aromatic heterocycles. The van der Waals surface area contributed by atoms with Crippen LogP contribution in [-0.4, -0.2) is 16.9 Å². The van der Waals surface area contributed by atoms with Gasteiger partial charge in [0.1, 0.15) is 0 Å². The van der Waals surface area contributed by atoms with Crippen molar-refractivity contribution in [2.45, 2.75) is 13.1 Å². The summed E-state index contributed by atoms with van der Waals surface area (Å²) >= 11 is 7.66. The Morgan fingerprint density at radius 1 is 1.53 bits per heavy atom. The van der Waals surface area contributed by atoms with Crippen LogP contribution in [0.5, 0.6) is 5.88 Å². The molecule has 4 nitrogen and oxygen atoms in total. The quantitative estimate of drug-likeness (QED) is 0.908. The van der Waals surface area contributed by atoms with E-state index in [0.29, 0.717) is 6.54 Å². The van der Waals surface area contributed by atoms with Crippen molar-refractivity contribution in [2.24, 2.45) is 7.05 Å². The molecule has 0 spiro atoms. The van der Waals surface area contributed by atoms with E-state index in [4.69, 9.17) is 16.3 Å². The third-order valence-corrected chi connectivity index (χ3v) is 3.77. The Bertz CT molecular complexity index is 495. The van der Waals surface area contributed by atoms with Gasteiger partial charge < -0.3 is 10.1 Å². The smallest absolute Gasteiger partial charge is 0.211 e. The molecular weight excluding hydrogens is 258 g/mol. The number of hydrogen-bond donors (Lipinski definition) is 1. The predicted octanol–water partition coefficient (Wildman–Crippen LogP) is 2.43. The van der Waals surface area contributed by atoms with Gasteiger partial charge in [0, 0.05) is 31.1 Å². The van der Waals surface area contributed by atoms with E-state index in [1.807, 2.05) is 24.6 Å². The van der Waals surface area contributed by atoms with Gasteiger partial charge >= 0.3 is 0 Å². The lowest BCUT2D eigenvalue weighted by atomic mass is 10.4. The number of methoxy groups -OCH3 is 1. The molecule has 0 aromatic carbocycles. The maximum Gasteiger partial charge on any atom is 0.211 e. The molecule has 0 unspecified atom stereocenters. The fourth-order valence-electron chi connectivity index (χ4n) is 1.54. The van der Waals surface area contributed by atoms with Crippen LogP contribution in [0.2, 0.25) is 5.02 Å². The van der Waals surface area contributed by atoms with Gasteiger partial charge in [0.25, 0.3) is 0 Å². The highest BCUT2D eigenvalue weighted by Gasteiger charge is 2.05. The number of ether oxygens (including phenoxy) is 1. The van der Waals surface area contributed by atoms with Crippen LogP contribution in [-0.2, 0) is 20.1 Å². The van der Waals surface area contributed by atoms with Crippen LogP contribution in [0.3, 0.4) is 0 Å². The Balaban J connectivity index is 1.88. The molecule has 0 saturated carbocycles. The van der Waals surface area contributed by atoms with Crippen LogP contribution >= 0.6 is 22.9 Å². The van der Waals surface area contributed by atoms with Crippen LogP contribution in [0, 0.1) is 0 Å². The van der Waals surface area contributed by atoms with E-state index >= 15 is 0 Å². The van der Waals surface area contributed by atoms with Crippen LogP contribution in [0.25, 0.3) is 0 Å². The first-order chi connectivity index (χ1) is 8.20. The van der Waals surface area contributed by atoms with Crippen molar-refractivity contribution in [3.8, 4) is 5.88 Å². The SMILES string of the molecule is COc1cc(CNCc2sccc2Cl)nn1C. The molecule has 0 amide bonds. The summed E-state index contributed by atoms with van der Waals surface area (Å²) in [5.74, 6) is 0.760. The van der Waals surface area contributed by atoms with E-state index in [1.54, 1.807) is 23.1 Å². The number of nitrogens with one attached hydrogen (secondary N) is 1. The second kappa shape index (κ2) is 5.53. The fraction of sp³-hybridized carbons (Fsp3) is 0.364. The molecule has 92 valence electrons. The van der Waals surface area contributed by atoms with Gasteiger partial charge in [-0.1, -0.05) is 11.6 Å². The molecule has 2 rings (SSSR count). The Hall–Kier alpha value is -1.04. The summed E-state index contributed by atoms with van der Waals surface area (Å²) in [6.45, 7) is 1.46. The highest BCUT2D eigenvalue weighted by Crippen LogP contribution is 2.21. The van der Waals surface area contributed by atoms with E-state index < -0.39 is 0 Å². The maximum absolute atomic E-state index is 6.00. The molecule has 2 heterocycles. The van der Waals surface area contributed by atoms with E-state index in [0.717, 1.165) is 28.0 Å². The van der Waals surface area contributed by atoms with Gasteiger partial charge in [-0.3, -0.25) is 0 Å². The zero-order valence-electron chi connectivity index (χ0n) is 9.74. The zero-order chi connectivity index (χ0) is 12.3. The summed E-state index contributed by atoms with van der Waals surface area (Å²) in [6, 6.07) is 3.83. The van der Waals surface area contributed by atoms with Crippen LogP contribution in [0.15, 0.2) is 17.5 Å². The number of nitrogens with zero attached hydrogens (tertiary/aromatic N) is 2.